The third-order valence-electron chi connectivity index (χ3n) is 3.25. The lowest BCUT2D eigenvalue weighted by atomic mass is 9.92. The van der Waals surface area contributed by atoms with Crippen LogP contribution >= 0.6 is 0 Å². The summed E-state index contributed by atoms with van der Waals surface area (Å²) < 4.78 is 0. The number of nitrogens with two attached hydrogens (primary N) is 1. The third kappa shape index (κ3) is 4.96. The van der Waals surface area contributed by atoms with Crippen LogP contribution in [0.1, 0.15) is 54.9 Å². The van der Waals surface area contributed by atoms with Crippen molar-refractivity contribution < 1.29 is 4.79 Å². The average molecular weight is 248 g/mol. The second-order valence-corrected chi connectivity index (χ2v) is 4.94. The van der Waals surface area contributed by atoms with Gasteiger partial charge in [-0.05, 0) is 43.9 Å². The lowest BCUT2D eigenvalue weighted by Gasteiger charge is -2.14. The van der Waals surface area contributed by atoms with Crippen molar-refractivity contribution in [2.45, 2.75) is 46.0 Å². The van der Waals surface area contributed by atoms with E-state index in [0.29, 0.717) is 18.9 Å². The van der Waals surface area contributed by atoms with E-state index in [4.69, 9.17) is 5.73 Å². The van der Waals surface area contributed by atoms with E-state index in [2.05, 4.69) is 11.9 Å². The maximum Gasteiger partial charge on any atom is 0.164 e. The Balaban J connectivity index is 2.49. The average Bonchev–Trinajstić information content (AvgIpc) is 2.36. The van der Waals surface area contributed by atoms with Crippen LogP contribution in [0.3, 0.4) is 0 Å². The Kier molecular flexibility index (Phi) is 6.58. The van der Waals surface area contributed by atoms with E-state index in [1.165, 1.54) is 0 Å². The van der Waals surface area contributed by atoms with E-state index in [-0.39, 0.29) is 5.78 Å². The van der Waals surface area contributed by atoms with E-state index < -0.39 is 0 Å². The van der Waals surface area contributed by atoms with Crippen molar-refractivity contribution in [3.8, 4) is 0 Å². The highest BCUT2D eigenvalue weighted by atomic mass is 16.1. The first-order chi connectivity index (χ1) is 8.67. The van der Waals surface area contributed by atoms with E-state index in [1.807, 2.05) is 13.0 Å². The van der Waals surface area contributed by atoms with Crippen molar-refractivity contribution >= 4 is 5.78 Å². The van der Waals surface area contributed by atoms with Gasteiger partial charge in [0.25, 0.3) is 0 Å². The van der Waals surface area contributed by atoms with Gasteiger partial charge in [0.2, 0.25) is 0 Å². The van der Waals surface area contributed by atoms with Gasteiger partial charge in [-0.15, -0.1) is 0 Å². The number of carbonyl (C=O) groups is 1. The molecule has 0 radical (unpaired) electrons. The number of nitrogens with zero attached hydrogens (tertiary/aromatic N) is 1. The van der Waals surface area contributed by atoms with E-state index >= 15 is 0 Å². The third-order valence-corrected chi connectivity index (χ3v) is 3.25. The van der Waals surface area contributed by atoms with Crippen LogP contribution in [0.15, 0.2) is 18.5 Å². The molecule has 0 aliphatic rings. The van der Waals surface area contributed by atoms with Gasteiger partial charge in [0, 0.05) is 24.4 Å². The maximum atomic E-state index is 12.0. The molecular weight excluding hydrogens is 224 g/mol. The molecule has 0 amide bonds. The topological polar surface area (TPSA) is 56.0 Å². The van der Waals surface area contributed by atoms with Crippen molar-refractivity contribution in [3.63, 3.8) is 0 Å². The summed E-state index contributed by atoms with van der Waals surface area (Å²) in [7, 11) is 0. The van der Waals surface area contributed by atoms with Crippen LogP contribution in [-0.4, -0.2) is 17.3 Å². The lowest BCUT2D eigenvalue weighted by molar-refractivity contribution is 0.0971. The zero-order chi connectivity index (χ0) is 13.4. The summed E-state index contributed by atoms with van der Waals surface area (Å²) in [4.78, 5) is 16.1. The number of aromatic nitrogens is 1. The minimum atomic E-state index is 0.198. The maximum absolute atomic E-state index is 12.0. The van der Waals surface area contributed by atoms with Crippen molar-refractivity contribution in [3.05, 3.63) is 29.6 Å². The summed E-state index contributed by atoms with van der Waals surface area (Å²) in [6.07, 6.45) is 8.32. The fourth-order valence-corrected chi connectivity index (χ4v) is 2.26. The van der Waals surface area contributed by atoms with Crippen molar-refractivity contribution in [1.29, 1.82) is 0 Å². The van der Waals surface area contributed by atoms with Crippen LogP contribution in [0.5, 0.6) is 0 Å². The number of pyridine rings is 1. The molecule has 100 valence electrons. The predicted molar refractivity (Wildman–Crippen MR) is 74.6 cm³/mol. The van der Waals surface area contributed by atoms with Gasteiger partial charge >= 0.3 is 0 Å². The Bertz CT molecular complexity index is 371. The molecule has 0 fully saturated rings. The van der Waals surface area contributed by atoms with Crippen LogP contribution in [0.4, 0.5) is 0 Å². The molecule has 1 unspecified atom stereocenters. The first-order valence-corrected chi connectivity index (χ1v) is 6.82. The smallest absolute Gasteiger partial charge is 0.164 e. The molecule has 0 bridgehead atoms. The fraction of sp³-hybridized carbons (Fsp3) is 0.600. The SMILES string of the molecule is CCCC(CCN)CCC(=O)c1cncc(C)c1. The summed E-state index contributed by atoms with van der Waals surface area (Å²) in [5, 5.41) is 0. The number of rotatable bonds is 8. The van der Waals surface area contributed by atoms with E-state index in [1.54, 1.807) is 12.4 Å². The molecule has 0 aliphatic carbocycles. The van der Waals surface area contributed by atoms with Crippen molar-refractivity contribution in [1.82, 2.24) is 4.98 Å². The molecule has 0 spiro atoms. The highest BCUT2D eigenvalue weighted by Crippen LogP contribution is 2.18. The van der Waals surface area contributed by atoms with E-state index in [0.717, 1.165) is 36.8 Å². The molecule has 0 saturated carbocycles. The van der Waals surface area contributed by atoms with Gasteiger partial charge in [-0.2, -0.15) is 0 Å². The summed E-state index contributed by atoms with van der Waals surface area (Å²) in [6, 6.07) is 1.91. The van der Waals surface area contributed by atoms with Crippen LogP contribution in [-0.2, 0) is 0 Å². The Hall–Kier alpha value is -1.22. The molecule has 1 aromatic rings. The lowest BCUT2D eigenvalue weighted by Crippen LogP contribution is -2.11. The zero-order valence-electron chi connectivity index (χ0n) is 11.5. The second-order valence-electron chi connectivity index (χ2n) is 4.94. The minimum Gasteiger partial charge on any atom is -0.330 e. The van der Waals surface area contributed by atoms with Gasteiger partial charge in [-0.1, -0.05) is 19.8 Å². The molecule has 0 aromatic carbocycles. The standard InChI is InChI=1S/C15H24N2O/c1-3-4-13(7-8-16)5-6-15(18)14-9-12(2)10-17-11-14/h9-11,13H,3-8,16H2,1-2H3. The molecule has 3 heteroatoms. The summed E-state index contributed by atoms with van der Waals surface area (Å²) in [5.41, 5.74) is 7.37. The van der Waals surface area contributed by atoms with Crippen molar-refractivity contribution in [2.75, 3.05) is 6.54 Å². The van der Waals surface area contributed by atoms with Gasteiger partial charge in [0.1, 0.15) is 0 Å². The molecule has 1 rings (SSSR count). The number of Topliss-reactive ketones (excluding diaryl/α,β-unsaturated/α-hetero) is 1. The van der Waals surface area contributed by atoms with Gasteiger partial charge in [0.05, 0.1) is 0 Å². The van der Waals surface area contributed by atoms with E-state index in [9.17, 15) is 4.79 Å². The number of aryl methyl sites for hydroxylation is 1. The first-order valence-electron chi connectivity index (χ1n) is 6.82. The van der Waals surface area contributed by atoms with Crippen LogP contribution in [0.25, 0.3) is 0 Å². The largest absolute Gasteiger partial charge is 0.330 e. The number of ketones is 1. The Morgan fingerprint density at radius 1 is 1.33 bits per heavy atom. The fourth-order valence-electron chi connectivity index (χ4n) is 2.26. The van der Waals surface area contributed by atoms with Crippen LogP contribution < -0.4 is 5.73 Å². The quantitative estimate of drug-likeness (QED) is 0.719. The number of hydrogen-bond donors (Lipinski definition) is 1. The van der Waals surface area contributed by atoms with Crippen LogP contribution in [0, 0.1) is 12.8 Å². The zero-order valence-corrected chi connectivity index (χ0v) is 11.5. The summed E-state index contributed by atoms with van der Waals surface area (Å²) in [5.74, 6) is 0.783. The van der Waals surface area contributed by atoms with Gasteiger partial charge in [-0.25, -0.2) is 0 Å². The highest BCUT2D eigenvalue weighted by Gasteiger charge is 2.11. The molecule has 18 heavy (non-hydrogen) atoms. The Labute approximate surface area is 110 Å². The number of carbonyl (C=O) groups excluding carboxylic acids is 1. The van der Waals surface area contributed by atoms with Crippen molar-refractivity contribution in [2.24, 2.45) is 11.7 Å². The molecule has 1 atom stereocenters. The molecule has 0 aliphatic heterocycles. The monoisotopic (exact) mass is 248 g/mol. The summed E-state index contributed by atoms with van der Waals surface area (Å²) in [6.45, 7) is 4.85. The predicted octanol–water partition coefficient (Wildman–Crippen LogP) is 3.12. The molecule has 2 N–H and O–H groups in total. The van der Waals surface area contributed by atoms with Gasteiger partial charge < -0.3 is 5.73 Å². The summed E-state index contributed by atoms with van der Waals surface area (Å²) >= 11 is 0. The highest BCUT2D eigenvalue weighted by molar-refractivity contribution is 5.95. The molecule has 3 nitrogen and oxygen atoms in total. The minimum absolute atomic E-state index is 0.198. The van der Waals surface area contributed by atoms with Gasteiger partial charge in [0.15, 0.2) is 5.78 Å². The second kappa shape index (κ2) is 7.98. The normalized spacial score (nSPS) is 12.4. The van der Waals surface area contributed by atoms with Gasteiger partial charge in [-0.3, -0.25) is 9.78 Å². The number of hydrogen-bond acceptors (Lipinski definition) is 3. The molecule has 1 heterocycles. The molecule has 1 aromatic heterocycles. The van der Waals surface area contributed by atoms with Crippen LogP contribution in [0.2, 0.25) is 0 Å². The molecular formula is C15H24N2O. The Morgan fingerprint density at radius 2 is 2.11 bits per heavy atom. The Morgan fingerprint density at radius 3 is 2.72 bits per heavy atom. The first kappa shape index (κ1) is 14.8. The molecule has 0 saturated heterocycles.